The molecule has 0 amide bonds. The van der Waals surface area contributed by atoms with Crippen molar-refractivity contribution in [1.29, 1.82) is 0 Å². The minimum atomic E-state index is -1.69. The maximum Gasteiger partial charge on any atom is 0.187 e. The topological polar surface area (TPSA) is 318 Å². The minimum absolute atomic E-state index is 0.0188. The van der Waals surface area contributed by atoms with Gasteiger partial charge in [-0.25, -0.2) is 0 Å². The molecule has 3 saturated heterocycles. The molecule has 388 valence electrons. The van der Waals surface area contributed by atoms with Crippen molar-refractivity contribution in [2.45, 2.75) is 223 Å². The quantitative estimate of drug-likeness (QED) is 0.0924. The fourth-order valence-electron chi connectivity index (χ4n) is 14.2. The Bertz CT molecular complexity index is 1710. The highest BCUT2D eigenvalue weighted by Crippen LogP contribution is 2.75. The van der Waals surface area contributed by atoms with Crippen LogP contribution in [0.3, 0.4) is 0 Å². The lowest BCUT2D eigenvalue weighted by molar-refractivity contribution is -0.340. The van der Waals surface area contributed by atoms with Gasteiger partial charge in [0.05, 0.1) is 43.7 Å². The molecule has 6 fully saturated rings. The molecule has 7 rings (SSSR count). The normalized spacial score (nSPS) is 51.0. The Balaban J connectivity index is 1.02. The van der Waals surface area contributed by atoms with Gasteiger partial charge in [0.2, 0.25) is 0 Å². The van der Waals surface area contributed by atoms with Gasteiger partial charge in [-0.15, -0.1) is 0 Å². The largest absolute Gasteiger partial charge is 0.394 e. The molecule has 25 atom stereocenters. The van der Waals surface area contributed by atoms with Crippen LogP contribution in [0.25, 0.3) is 0 Å². The van der Waals surface area contributed by atoms with Crippen LogP contribution in [0, 0.1) is 45.3 Å². The Kier molecular flexibility index (Phi) is 15.9. The molecule has 3 heterocycles. The van der Waals surface area contributed by atoms with Gasteiger partial charge in [0, 0.05) is 10.8 Å². The van der Waals surface area contributed by atoms with Gasteiger partial charge in [0.25, 0.3) is 0 Å². The van der Waals surface area contributed by atoms with E-state index in [4.69, 9.17) is 28.4 Å². The molecule has 4 aliphatic carbocycles. The van der Waals surface area contributed by atoms with Crippen molar-refractivity contribution in [3.8, 4) is 0 Å². The van der Waals surface area contributed by atoms with Crippen molar-refractivity contribution >= 4 is 0 Å². The first-order valence-electron chi connectivity index (χ1n) is 24.5. The number of aliphatic hydroxyl groups excluding tert-OH is 12. The molecule has 0 radical (unpaired) electrons. The lowest BCUT2D eigenvalue weighted by atomic mass is 9.38. The van der Waals surface area contributed by atoms with Gasteiger partial charge >= 0.3 is 0 Å². The zero-order valence-electron chi connectivity index (χ0n) is 40.3. The second kappa shape index (κ2) is 19.8. The molecule has 0 aromatic carbocycles. The smallest absolute Gasteiger partial charge is 0.187 e. The molecule has 3 saturated carbocycles. The summed E-state index contributed by atoms with van der Waals surface area (Å²) < 4.78 is 35.4. The van der Waals surface area contributed by atoms with E-state index in [0.29, 0.717) is 32.1 Å². The lowest BCUT2D eigenvalue weighted by Gasteiger charge is -2.67. The van der Waals surface area contributed by atoms with E-state index in [-0.39, 0.29) is 34.5 Å². The molecule has 19 nitrogen and oxygen atoms in total. The van der Waals surface area contributed by atoms with E-state index in [0.717, 1.165) is 24.8 Å². The minimum Gasteiger partial charge on any atom is -0.394 e. The highest BCUT2D eigenvalue weighted by molar-refractivity contribution is 5.32. The third-order valence-corrected chi connectivity index (χ3v) is 18.7. The van der Waals surface area contributed by atoms with E-state index >= 15 is 0 Å². The first-order valence-corrected chi connectivity index (χ1v) is 24.5. The second-order valence-electron chi connectivity index (χ2n) is 23.1. The molecule has 19 heteroatoms. The van der Waals surface area contributed by atoms with Crippen LogP contribution < -0.4 is 0 Å². The van der Waals surface area contributed by atoms with E-state index in [1.54, 1.807) is 13.8 Å². The first kappa shape index (κ1) is 53.8. The van der Waals surface area contributed by atoms with E-state index < -0.39 is 147 Å². The van der Waals surface area contributed by atoms with Crippen LogP contribution >= 0.6 is 0 Å². The molecule has 13 N–H and O–H groups in total. The maximum atomic E-state index is 12.6. The number of ether oxygens (including phenoxy) is 6. The zero-order chi connectivity index (χ0) is 49.5. The van der Waals surface area contributed by atoms with E-state index in [1.807, 2.05) is 0 Å². The van der Waals surface area contributed by atoms with Crippen molar-refractivity contribution in [3.63, 3.8) is 0 Å². The van der Waals surface area contributed by atoms with E-state index in [2.05, 4.69) is 47.6 Å². The average molecular weight is 963 g/mol. The number of hydrogen-bond acceptors (Lipinski definition) is 19. The molecule has 3 unspecified atom stereocenters. The average Bonchev–Trinajstić information content (AvgIpc) is 3.54. The van der Waals surface area contributed by atoms with Gasteiger partial charge in [-0.3, -0.25) is 0 Å². The summed E-state index contributed by atoms with van der Waals surface area (Å²) in [5.41, 5.74) is -1.65. The van der Waals surface area contributed by atoms with E-state index in [1.165, 1.54) is 0 Å². The molecule has 0 aromatic heterocycles. The van der Waals surface area contributed by atoms with Crippen molar-refractivity contribution in [3.05, 3.63) is 11.6 Å². The molecule has 0 bridgehead atoms. The van der Waals surface area contributed by atoms with Gasteiger partial charge in [-0.1, -0.05) is 53.2 Å². The van der Waals surface area contributed by atoms with Gasteiger partial charge < -0.3 is 94.8 Å². The number of fused-ring (bicyclic) bond motifs is 5. The van der Waals surface area contributed by atoms with Gasteiger partial charge in [-0.2, -0.15) is 0 Å². The Labute approximate surface area is 393 Å². The van der Waals surface area contributed by atoms with Crippen LogP contribution in [0.2, 0.25) is 0 Å². The Morgan fingerprint density at radius 1 is 0.672 bits per heavy atom. The summed E-state index contributed by atoms with van der Waals surface area (Å²) in [5.74, 6) is 0.560. The predicted molar refractivity (Wildman–Crippen MR) is 235 cm³/mol. The molecule has 3 aliphatic heterocycles. The standard InChI is InChI=1S/C48H82O19/c1-21(9-13-31(45(4,5)61)67-42-39(59)36(56)33(53)26(19-50)64-42)22-15-16-46(6)28-12-10-23-24(48(28,8)29(51)17-47(22,46)7)11-14-30(44(23,2)3)66-43-40(60)37(57)34(54)27(65-43)20-62-41-38(58)35(55)32(52)25(18-49)63-41/h10,21-22,24-43,49-61H,9,11-20H2,1-8H3/t21-,22?,24?,25-,26-,27-,28?,29-,30+,31-,32-,33-,34-,35+,36+,37+,38-,39-,40-,41-,42+,43+,46+,47-,48+/m1/s1. The molecular weight excluding hydrogens is 881 g/mol. The summed E-state index contributed by atoms with van der Waals surface area (Å²) in [5, 5.41) is 138. The van der Waals surface area contributed by atoms with Crippen LogP contribution in [0.4, 0.5) is 0 Å². The zero-order valence-corrected chi connectivity index (χ0v) is 40.3. The third kappa shape index (κ3) is 9.24. The van der Waals surface area contributed by atoms with Gasteiger partial charge in [0.1, 0.15) is 73.2 Å². The molecule has 0 spiro atoms. The number of rotatable bonds is 14. The molecular formula is C48H82O19. The highest BCUT2D eigenvalue weighted by atomic mass is 16.7. The van der Waals surface area contributed by atoms with E-state index in [9.17, 15) is 66.4 Å². The predicted octanol–water partition coefficient (Wildman–Crippen LogP) is -1.06. The van der Waals surface area contributed by atoms with Crippen molar-refractivity contribution in [2.75, 3.05) is 19.8 Å². The second-order valence-corrected chi connectivity index (χ2v) is 23.1. The highest BCUT2D eigenvalue weighted by Gasteiger charge is 2.70. The summed E-state index contributed by atoms with van der Waals surface area (Å²) in [6, 6.07) is 0. The molecule has 7 aliphatic rings. The van der Waals surface area contributed by atoms with Crippen LogP contribution in [-0.2, 0) is 28.4 Å². The van der Waals surface area contributed by atoms with Crippen LogP contribution in [0.5, 0.6) is 0 Å². The molecule has 0 aromatic rings. The van der Waals surface area contributed by atoms with Gasteiger partial charge in [-0.05, 0) is 99.7 Å². The monoisotopic (exact) mass is 963 g/mol. The van der Waals surface area contributed by atoms with Crippen molar-refractivity contribution < 1.29 is 94.8 Å². The Morgan fingerprint density at radius 3 is 1.79 bits per heavy atom. The summed E-state index contributed by atoms with van der Waals surface area (Å²) in [6.45, 7) is 14.8. The summed E-state index contributed by atoms with van der Waals surface area (Å²) >= 11 is 0. The summed E-state index contributed by atoms with van der Waals surface area (Å²) in [6.07, 6.45) is -16.6. The number of aliphatic hydroxyl groups is 13. The van der Waals surface area contributed by atoms with Crippen molar-refractivity contribution in [1.82, 2.24) is 0 Å². The number of allylic oxidation sites excluding steroid dienone is 1. The SMILES string of the molecule is C[C@H](CC[C@@H](O[C@@H]1O[C@H](CO)[C@@H](O)[C@H](O)[C@H]1O)C(C)(C)O)C1CC[C@@]2(C)C3CC=C4C(CC[C@H](O[C@@H]5O[C@H](CO[C@@H]6O[C@H](CO)[C@@H](O)[C@H](O)[C@H]6O)[C@@H](O)[C@H](O)[C@H]5O)C4(C)C)[C@]3(C)[C@H](O)C[C@]12C. The number of hydrogen-bond donors (Lipinski definition) is 13. The summed E-state index contributed by atoms with van der Waals surface area (Å²) in [7, 11) is 0. The fourth-order valence-corrected chi connectivity index (χ4v) is 14.2. The van der Waals surface area contributed by atoms with Gasteiger partial charge in [0.15, 0.2) is 18.9 Å². The maximum absolute atomic E-state index is 12.6. The van der Waals surface area contributed by atoms with Crippen LogP contribution in [-0.4, -0.2) is 202 Å². The van der Waals surface area contributed by atoms with Crippen LogP contribution in [0.15, 0.2) is 11.6 Å². The molecule has 67 heavy (non-hydrogen) atoms. The summed E-state index contributed by atoms with van der Waals surface area (Å²) in [4.78, 5) is 0. The first-order chi connectivity index (χ1) is 31.2. The lowest BCUT2D eigenvalue weighted by Crippen LogP contribution is -2.65. The third-order valence-electron chi connectivity index (χ3n) is 18.7. The Hall–Kier alpha value is -1.02. The fraction of sp³-hybridized carbons (Fsp3) is 0.958. The van der Waals surface area contributed by atoms with Crippen LogP contribution in [0.1, 0.15) is 107 Å². The Morgan fingerprint density at radius 2 is 1.21 bits per heavy atom. The van der Waals surface area contributed by atoms with Crippen molar-refractivity contribution in [2.24, 2.45) is 45.3 Å².